The first-order valence-electron chi connectivity index (χ1n) is 10.8. The van der Waals surface area contributed by atoms with Crippen molar-refractivity contribution < 1.29 is 9.59 Å². The molecule has 1 unspecified atom stereocenters. The molecule has 32 heavy (non-hydrogen) atoms. The van der Waals surface area contributed by atoms with Gasteiger partial charge < -0.3 is 15.0 Å². The molecule has 0 spiro atoms. The molecular weight excluding hydrogens is 402 g/mol. The monoisotopic (exact) mass is 427 g/mol. The summed E-state index contributed by atoms with van der Waals surface area (Å²) in [6.45, 7) is 2.28. The molecule has 162 valence electrons. The van der Waals surface area contributed by atoms with E-state index in [0.29, 0.717) is 26.2 Å². The summed E-state index contributed by atoms with van der Waals surface area (Å²) in [5, 5.41) is 8.21. The quantitative estimate of drug-likeness (QED) is 0.496. The number of nitrogens with zero attached hydrogens (tertiary/aromatic N) is 3. The normalized spacial score (nSPS) is 16.9. The van der Waals surface area contributed by atoms with Crippen molar-refractivity contribution in [1.82, 2.24) is 24.9 Å². The van der Waals surface area contributed by atoms with Crippen molar-refractivity contribution in [2.75, 3.05) is 13.1 Å². The van der Waals surface area contributed by atoms with Gasteiger partial charge in [-0.15, -0.1) is 0 Å². The van der Waals surface area contributed by atoms with Crippen LogP contribution in [0.4, 0.5) is 0 Å². The number of rotatable bonds is 6. The summed E-state index contributed by atoms with van der Waals surface area (Å²) < 4.78 is 1.94. The minimum Gasteiger partial charge on any atom is -0.353 e. The number of aromatic nitrogens is 2. The number of pyridine rings is 1. The first kappa shape index (κ1) is 20.2. The van der Waals surface area contributed by atoms with Crippen molar-refractivity contribution in [1.29, 1.82) is 0 Å². The van der Waals surface area contributed by atoms with E-state index in [2.05, 4.69) is 44.8 Å². The second-order valence-electron chi connectivity index (χ2n) is 8.07. The number of imidazole rings is 1. The van der Waals surface area contributed by atoms with Gasteiger partial charge in [0.05, 0.1) is 30.9 Å². The number of fused-ring (bicyclic) bond motifs is 2. The van der Waals surface area contributed by atoms with Crippen molar-refractivity contribution in [2.45, 2.75) is 25.6 Å². The van der Waals surface area contributed by atoms with Crippen molar-refractivity contribution in [2.24, 2.45) is 0 Å². The summed E-state index contributed by atoms with van der Waals surface area (Å²) in [5.41, 5.74) is 2.90. The van der Waals surface area contributed by atoms with Crippen LogP contribution in [0.25, 0.3) is 16.4 Å². The molecule has 1 atom stereocenters. The molecule has 7 heteroatoms. The highest BCUT2D eigenvalue weighted by atomic mass is 16.2. The molecular formula is C25H25N5O2. The molecule has 7 nitrogen and oxygen atoms in total. The first-order valence-corrected chi connectivity index (χ1v) is 10.8. The van der Waals surface area contributed by atoms with Gasteiger partial charge in [-0.25, -0.2) is 4.98 Å². The molecule has 0 bridgehead atoms. The maximum Gasteiger partial charge on any atom is 0.237 e. The van der Waals surface area contributed by atoms with E-state index in [9.17, 15) is 9.59 Å². The fraction of sp³-hybridized carbons (Fsp3) is 0.240. The Morgan fingerprint density at radius 3 is 2.88 bits per heavy atom. The van der Waals surface area contributed by atoms with E-state index in [0.717, 1.165) is 16.9 Å². The number of hydrogen-bond donors (Lipinski definition) is 2. The van der Waals surface area contributed by atoms with Crippen LogP contribution < -0.4 is 10.6 Å². The predicted molar refractivity (Wildman–Crippen MR) is 123 cm³/mol. The van der Waals surface area contributed by atoms with Crippen LogP contribution in [0.1, 0.15) is 17.7 Å². The molecule has 1 aliphatic heterocycles. The molecule has 2 aromatic heterocycles. The highest BCUT2D eigenvalue weighted by Crippen LogP contribution is 2.22. The topological polar surface area (TPSA) is 78.7 Å². The molecule has 0 aliphatic carbocycles. The number of carbonyl (C=O) groups excluding carboxylic acids is 2. The van der Waals surface area contributed by atoms with E-state index in [1.54, 1.807) is 6.20 Å². The lowest BCUT2D eigenvalue weighted by Crippen LogP contribution is -2.56. The Bertz CT molecular complexity index is 1280. The number of nitrogens with one attached hydrogen (secondary N) is 2. The Morgan fingerprint density at radius 1 is 1.09 bits per heavy atom. The molecule has 1 saturated heterocycles. The first-order chi connectivity index (χ1) is 15.7. The standard InChI is InChI=1S/C25H25N5O2/c31-24(28-16-20-15-27-23-10-3-4-12-30(20)23)14-22-25(32)26-11-13-29(22)17-19-8-5-7-18-6-1-2-9-21(18)19/h1-10,12,15,22H,11,13-14,16-17H2,(H,26,32)(H,28,31). The second-order valence-corrected chi connectivity index (χ2v) is 8.07. The fourth-order valence-electron chi connectivity index (χ4n) is 4.38. The number of hydrogen-bond acceptors (Lipinski definition) is 4. The second kappa shape index (κ2) is 8.80. The van der Waals surface area contributed by atoms with E-state index in [4.69, 9.17) is 0 Å². The molecule has 1 aliphatic rings. The lowest BCUT2D eigenvalue weighted by atomic mass is 10.0. The third kappa shape index (κ3) is 4.07. The van der Waals surface area contributed by atoms with E-state index in [1.807, 2.05) is 47.0 Å². The maximum atomic E-state index is 12.8. The predicted octanol–water partition coefficient (Wildman–Crippen LogP) is 2.49. The molecule has 0 radical (unpaired) electrons. The Labute approximate surface area is 186 Å². The summed E-state index contributed by atoms with van der Waals surface area (Å²) in [6, 6.07) is 19.8. The Kier molecular flexibility index (Phi) is 5.56. The number of amides is 2. The van der Waals surface area contributed by atoms with Crippen molar-refractivity contribution in [3.8, 4) is 0 Å². The third-order valence-corrected chi connectivity index (χ3v) is 6.03. The molecule has 2 amide bonds. The highest BCUT2D eigenvalue weighted by molar-refractivity contribution is 5.89. The van der Waals surface area contributed by atoms with E-state index in [1.165, 1.54) is 10.8 Å². The third-order valence-electron chi connectivity index (χ3n) is 6.03. The molecule has 3 heterocycles. The van der Waals surface area contributed by atoms with Gasteiger partial charge in [0.1, 0.15) is 5.65 Å². The number of carbonyl (C=O) groups is 2. The Hall–Kier alpha value is -3.71. The van der Waals surface area contributed by atoms with Crippen LogP contribution in [0.15, 0.2) is 73.1 Å². The van der Waals surface area contributed by atoms with Gasteiger partial charge >= 0.3 is 0 Å². The van der Waals surface area contributed by atoms with Gasteiger partial charge in [0.2, 0.25) is 11.8 Å². The van der Waals surface area contributed by atoms with Crippen molar-refractivity contribution in [3.05, 3.63) is 84.3 Å². The minimum absolute atomic E-state index is 0.0959. The van der Waals surface area contributed by atoms with Crippen LogP contribution in [0, 0.1) is 0 Å². The average molecular weight is 428 g/mol. The van der Waals surface area contributed by atoms with Gasteiger partial charge in [-0.3, -0.25) is 14.5 Å². The van der Waals surface area contributed by atoms with E-state index >= 15 is 0 Å². The molecule has 5 rings (SSSR count). The summed E-state index contributed by atoms with van der Waals surface area (Å²) in [4.78, 5) is 31.9. The lowest BCUT2D eigenvalue weighted by Gasteiger charge is -2.35. The van der Waals surface area contributed by atoms with Gasteiger partial charge in [-0.1, -0.05) is 48.5 Å². The number of benzene rings is 2. The summed E-state index contributed by atoms with van der Waals surface area (Å²) in [5.74, 6) is -0.248. The van der Waals surface area contributed by atoms with E-state index in [-0.39, 0.29) is 18.2 Å². The van der Waals surface area contributed by atoms with Crippen LogP contribution in [-0.4, -0.2) is 45.2 Å². The van der Waals surface area contributed by atoms with Crippen LogP contribution >= 0.6 is 0 Å². The van der Waals surface area contributed by atoms with Crippen LogP contribution in [0.3, 0.4) is 0 Å². The van der Waals surface area contributed by atoms with Gasteiger partial charge in [0.25, 0.3) is 0 Å². The average Bonchev–Trinajstić information content (AvgIpc) is 3.23. The van der Waals surface area contributed by atoms with Crippen LogP contribution in [0.2, 0.25) is 0 Å². The zero-order valence-corrected chi connectivity index (χ0v) is 17.7. The smallest absolute Gasteiger partial charge is 0.237 e. The van der Waals surface area contributed by atoms with Gasteiger partial charge in [0, 0.05) is 25.8 Å². The molecule has 2 aromatic carbocycles. The van der Waals surface area contributed by atoms with Crippen LogP contribution in [-0.2, 0) is 22.7 Å². The lowest BCUT2D eigenvalue weighted by molar-refractivity contribution is -0.134. The summed E-state index contributed by atoms with van der Waals surface area (Å²) in [7, 11) is 0. The highest BCUT2D eigenvalue weighted by Gasteiger charge is 2.31. The molecule has 0 saturated carbocycles. The van der Waals surface area contributed by atoms with Crippen LogP contribution in [0.5, 0.6) is 0 Å². The zero-order chi connectivity index (χ0) is 21.9. The van der Waals surface area contributed by atoms with Crippen molar-refractivity contribution >= 4 is 28.2 Å². The van der Waals surface area contributed by atoms with Gasteiger partial charge in [-0.05, 0) is 28.5 Å². The zero-order valence-electron chi connectivity index (χ0n) is 17.7. The van der Waals surface area contributed by atoms with Gasteiger partial charge in [-0.2, -0.15) is 0 Å². The SMILES string of the molecule is O=C(CC1C(=O)NCCN1Cc1cccc2ccccc12)NCc1cnc2ccccn12. The van der Waals surface area contributed by atoms with E-state index < -0.39 is 6.04 Å². The van der Waals surface area contributed by atoms with Gasteiger partial charge in [0.15, 0.2) is 0 Å². The minimum atomic E-state index is -0.495. The summed E-state index contributed by atoms with van der Waals surface area (Å²) in [6.07, 6.45) is 3.80. The molecule has 2 N–H and O–H groups in total. The Balaban J connectivity index is 1.28. The maximum absolute atomic E-state index is 12.8. The molecule has 4 aromatic rings. The van der Waals surface area contributed by atoms with Crippen molar-refractivity contribution in [3.63, 3.8) is 0 Å². The fourth-order valence-corrected chi connectivity index (χ4v) is 4.38. The number of piperazine rings is 1. The molecule has 1 fully saturated rings. The summed E-state index contributed by atoms with van der Waals surface area (Å²) >= 11 is 0. The largest absolute Gasteiger partial charge is 0.353 e. The Morgan fingerprint density at radius 2 is 1.94 bits per heavy atom.